The molecule has 30 heavy (non-hydrogen) atoms. The molecule has 3 amide bonds. The van der Waals surface area contributed by atoms with Gasteiger partial charge in [0.25, 0.3) is 5.91 Å². The van der Waals surface area contributed by atoms with Crippen molar-refractivity contribution in [1.82, 2.24) is 14.7 Å². The number of benzene rings is 1. The summed E-state index contributed by atoms with van der Waals surface area (Å²) in [4.78, 5) is 37.2. The molecule has 0 radical (unpaired) electrons. The number of imide groups is 1. The van der Waals surface area contributed by atoms with Crippen molar-refractivity contribution in [3.05, 3.63) is 35.1 Å². The SMILES string of the molecule is CCOCCN1C(=O)C2C(N=C3N(c4ccc(OC)c(Cl)c4)C(C)=CN32)N(C)C1=O. The maximum absolute atomic E-state index is 13.2. The number of allylic oxidation sites excluding steroid dienone is 1. The van der Waals surface area contributed by atoms with Crippen LogP contribution in [0.25, 0.3) is 0 Å². The van der Waals surface area contributed by atoms with Crippen LogP contribution in [-0.4, -0.2) is 78.7 Å². The van der Waals surface area contributed by atoms with Crippen LogP contribution in [0.15, 0.2) is 35.1 Å². The Morgan fingerprint density at radius 1 is 1.27 bits per heavy atom. The Kier molecular flexibility index (Phi) is 5.33. The van der Waals surface area contributed by atoms with Gasteiger partial charge >= 0.3 is 6.03 Å². The fourth-order valence-electron chi connectivity index (χ4n) is 3.97. The third kappa shape index (κ3) is 3.09. The van der Waals surface area contributed by atoms with Crippen molar-refractivity contribution in [2.24, 2.45) is 4.99 Å². The third-order valence-corrected chi connectivity index (χ3v) is 5.74. The van der Waals surface area contributed by atoms with Gasteiger partial charge in [0.2, 0.25) is 5.96 Å². The fourth-order valence-corrected chi connectivity index (χ4v) is 4.23. The number of anilines is 1. The fraction of sp³-hybridized carbons (Fsp3) is 0.450. The number of fused-ring (bicyclic) bond motifs is 3. The molecule has 3 heterocycles. The summed E-state index contributed by atoms with van der Waals surface area (Å²) in [6, 6.07) is 4.47. The van der Waals surface area contributed by atoms with Crippen LogP contribution in [0.1, 0.15) is 13.8 Å². The minimum Gasteiger partial charge on any atom is -0.495 e. The summed E-state index contributed by atoms with van der Waals surface area (Å²) in [5.74, 6) is 0.884. The molecule has 10 heteroatoms. The summed E-state index contributed by atoms with van der Waals surface area (Å²) in [6.45, 7) is 4.85. The number of rotatable bonds is 6. The molecule has 1 aromatic carbocycles. The smallest absolute Gasteiger partial charge is 0.328 e. The van der Waals surface area contributed by atoms with Crippen molar-refractivity contribution in [2.45, 2.75) is 26.1 Å². The Morgan fingerprint density at radius 2 is 2.03 bits per heavy atom. The van der Waals surface area contributed by atoms with Crippen LogP contribution in [0.3, 0.4) is 0 Å². The zero-order valence-corrected chi connectivity index (χ0v) is 18.1. The first kappa shape index (κ1) is 20.5. The van der Waals surface area contributed by atoms with Crippen molar-refractivity contribution in [1.29, 1.82) is 0 Å². The second kappa shape index (κ2) is 7.81. The topological polar surface area (TPSA) is 77.9 Å². The third-order valence-electron chi connectivity index (χ3n) is 5.44. The van der Waals surface area contributed by atoms with Gasteiger partial charge in [-0.2, -0.15) is 0 Å². The van der Waals surface area contributed by atoms with Crippen LogP contribution in [0.4, 0.5) is 10.5 Å². The molecule has 0 spiro atoms. The van der Waals surface area contributed by atoms with Gasteiger partial charge in [0, 0.05) is 25.6 Å². The molecule has 3 aliphatic heterocycles. The van der Waals surface area contributed by atoms with E-state index in [1.165, 1.54) is 9.80 Å². The first-order valence-electron chi connectivity index (χ1n) is 9.73. The van der Waals surface area contributed by atoms with Crippen LogP contribution in [-0.2, 0) is 9.53 Å². The summed E-state index contributed by atoms with van der Waals surface area (Å²) in [5.41, 5.74) is 1.69. The lowest BCUT2D eigenvalue weighted by Gasteiger charge is -2.40. The van der Waals surface area contributed by atoms with Crippen LogP contribution in [0.2, 0.25) is 5.02 Å². The average Bonchev–Trinajstić information content (AvgIpc) is 3.23. The van der Waals surface area contributed by atoms with E-state index < -0.39 is 12.2 Å². The molecule has 160 valence electrons. The van der Waals surface area contributed by atoms with E-state index in [4.69, 9.17) is 26.1 Å². The van der Waals surface area contributed by atoms with E-state index in [2.05, 4.69) is 0 Å². The first-order valence-corrected chi connectivity index (χ1v) is 10.1. The van der Waals surface area contributed by atoms with Gasteiger partial charge in [-0.1, -0.05) is 11.6 Å². The molecule has 0 aliphatic carbocycles. The Hall–Kier alpha value is -2.78. The average molecular weight is 434 g/mol. The molecule has 1 aromatic rings. The van der Waals surface area contributed by atoms with E-state index in [0.29, 0.717) is 29.9 Å². The molecule has 0 saturated carbocycles. The number of likely N-dealkylation sites (N-methyl/N-ethyl adjacent to an activating group) is 1. The summed E-state index contributed by atoms with van der Waals surface area (Å²) >= 11 is 6.32. The van der Waals surface area contributed by atoms with Crippen LogP contribution < -0.4 is 9.64 Å². The van der Waals surface area contributed by atoms with Crippen LogP contribution in [0.5, 0.6) is 5.75 Å². The number of halogens is 1. The lowest BCUT2D eigenvalue weighted by Crippen LogP contribution is -2.64. The van der Waals surface area contributed by atoms with E-state index in [9.17, 15) is 9.59 Å². The van der Waals surface area contributed by atoms with Crippen molar-refractivity contribution in [3.8, 4) is 5.75 Å². The quantitative estimate of drug-likeness (QED) is 0.641. The van der Waals surface area contributed by atoms with Crippen molar-refractivity contribution in [2.75, 3.05) is 38.8 Å². The molecule has 0 aromatic heterocycles. The zero-order valence-electron chi connectivity index (χ0n) is 17.3. The maximum atomic E-state index is 13.2. The summed E-state index contributed by atoms with van der Waals surface area (Å²) in [5, 5.41) is 0.475. The minimum absolute atomic E-state index is 0.211. The largest absolute Gasteiger partial charge is 0.495 e. The highest BCUT2D eigenvalue weighted by atomic mass is 35.5. The minimum atomic E-state index is -0.613. The second-order valence-electron chi connectivity index (χ2n) is 7.20. The zero-order chi connectivity index (χ0) is 21.6. The van der Waals surface area contributed by atoms with Crippen molar-refractivity contribution in [3.63, 3.8) is 0 Å². The Labute approximate surface area is 180 Å². The number of carbonyl (C=O) groups is 2. The van der Waals surface area contributed by atoms with E-state index in [-0.39, 0.29) is 18.5 Å². The molecule has 4 rings (SSSR count). The van der Waals surface area contributed by atoms with Crippen LogP contribution in [0, 0.1) is 0 Å². The van der Waals surface area contributed by atoms with Gasteiger partial charge in [-0.3, -0.25) is 14.6 Å². The van der Waals surface area contributed by atoms with Gasteiger partial charge in [-0.15, -0.1) is 0 Å². The van der Waals surface area contributed by atoms with E-state index in [1.807, 2.05) is 35.9 Å². The molecule has 9 nitrogen and oxygen atoms in total. The number of hydrogen-bond acceptors (Lipinski definition) is 7. The highest BCUT2D eigenvalue weighted by Gasteiger charge is 2.54. The predicted molar refractivity (Wildman–Crippen MR) is 112 cm³/mol. The lowest BCUT2D eigenvalue weighted by molar-refractivity contribution is -0.137. The standard InChI is InChI=1S/C20H24ClN5O4/c1-5-30-9-8-24-18(27)16-17(23(3)20(24)28)22-19-25(16)11-12(2)26(19)13-6-7-15(29-4)14(21)10-13/h6-7,10-11,16-17H,5,8-9H2,1-4H3. The molecular formula is C20H24ClN5O4. The summed E-state index contributed by atoms with van der Waals surface area (Å²) in [6.07, 6.45) is 1.29. The van der Waals surface area contributed by atoms with Crippen molar-refractivity contribution >= 4 is 35.2 Å². The normalized spacial score (nSPS) is 23.0. The van der Waals surface area contributed by atoms with E-state index in [0.717, 1.165) is 11.4 Å². The number of ether oxygens (including phenoxy) is 2. The highest BCUT2D eigenvalue weighted by Crippen LogP contribution is 2.38. The maximum Gasteiger partial charge on any atom is 0.328 e. The Balaban J connectivity index is 1.65. The summed E-state index contributed by atoms with van der Waals surface area (Å²) in [7, 11) is 3.22. The molecule has 1 fully saturated rings. The van der Waals surface area contributed by atoms with Crippen molar-refractivity contribution < 1.29 is 19.1 Å². The number of aliphatic imine (C=N–C) groups is 1. The van der Waals surface area contributed by atoms with Gasteiger partial charge in [0.1, 0.15) is 5.75 Å². The van der Waals surface area contributed by atoms with Gasteiger partial charge < -0.3 is 19.3 Å². The second-order valence-corrected chi connectivity index (χ2v) is 7.61. The monoisotopic (exact) mass is 433 g/mol. The van der Waals surface area contributed by atoms with Crippen LogP contribution >= 0.6 is 11.6 Å². The molecule has 1 saturated heterocycles. The van der Waals surface area contributed by atoms with Gasteiger partial charge in [-0.05, 0) is 32.0 Å². The number of methoxy groups -OCH3 is 1. The van der Waals surface area contributed by atoms with Gasteiger partial charge in [-0.25, -0.2) is 9.79 Å². The Bertz CT molecular complexity index is 949. The molecule has 0 bridgehead atoms. The molecule has 0 N–H and O–H groups in total. The van der Waals surface area contributed by atoms with Gasteiger partial charge in [0.05, 0.1) is 31.0 Å². The van der Waals surface area contributed by atoms with E-state index >= 15 is 0 Å². The number of guanidine groups is 1. The molecule has 2 atom stereocenters. The summed E-state index contributed by atoms with van der Waals surface area (Å²) < 4.78 is 10.6. The number of urea groups is 1. The van der Waals surface area contributed by atoms with Gasteiger partial charge in [0.15, 0.2) is 12.2 Å². The van der Waals surface area contributed by atoms with E-state index in [1.54, 1.807) is 26.3 Å². The number of nitrogens with zero attached hydrogens (tertiary/aromatic N) is 5. The molecule has 2 unspecified atom stereocenters. The predicted octanol–water partition coefficient (Wildman–Crippen LogP) is 2.33. The lowest BCUT2D eigenvalue weighted by atomic mass is 10.1. The number of hydrogen-bond donors (Lipinski definition) is 0. The molecular weight excluding hydrogens is 410 g/mol. The number of amides is 3. The Morgan fingerprint density at radius 3 is 2.70 bits per heavy atom. The first-order chi connectivity index (χ1) is 14.4. The number of carbonyl (C=O) groups excluding carboxylic acids is 2. The highest BCUT2D eigenvalue weighted by molar-refractivity contribution is 6.32. The molecule has 3 aliphatic rings.